The summed E-state index contributed by atoms with van der Waals surface area (Å²) in [6.45, 7) is 1.97. The Hall–Kier alpha value is -0.710. The average molecular weight is 206 g/mol. The summed E-state index contributed by atoms with van der Waals surface area (Å²) in [6, 6.07) is 0. The van der Waals surface area contributed by atoms with E-state index in [0.29, 0.717) is 6.42 Å². The fourth-order valence-corrected chi connectivity index (χ4v) is 1.66. The van der Waals surface area contributed by atoms with Gasteiger partial charge in [-0.05, 0) is 6.42 Å². The van der Waals surface area contributed by atoms with Gasteiger partial charge < -0.3 is 10.2 Å². The van der Waals surface area contributed by atoms with E-state index in [2.05, 4.69) is 0 Å². The molecule has 0 spiro atoms. The first kappa shape index (κ1) is 12.3. The topological polar surface area (TPSA) is 74.6 Å². The molecule has 4 nitrogen and oxygen atoms in total. The van der Waals surface area contributed by atoms with Gasteiger partial charge in [0.1, 0.15) is 5.25 Å². The molecule has 5 heteroatoms. The molecule has 0 aromatic rings. The van der Waals surface area contributed by atoms with Gasteiger partial charge in [0.15, 0.2) is 0 Å². The SMILES string of the molecule is CCCCC(SCC(=O)O)C(=O)O. The first-order valence-corrected chi connectivity index (χ1v) is 5.19. The lowest BCUT2D eigenvalue weighted by atomic mass is 10.2. The second-order valence-corrected chi connectivity index (χ2v) is 3.86. The molecule has 2 N–H and O–H groups in total. The fraction of sp³-hybridized carbons (Fsp3) is 0.750. The fourth-order valence-electron chi connectivity index (χ4n) is 0.839. The van der Waals surface area contributed by atoms with E-state index in [9.17, 15) is 9.59 Å². The molecule has 0 aliphatic heterocycles. The zero-order valence-corrected chi connectivity index (χ0v) is 8.34. The van der Waals surface area contributed by atoms with Gasteiger partial charge in [-0.25, -0.2) is 0 Å². The van der Waals surface area contributed by atoms with Crippen molar-refractivity contribution in [2.24, 2.45) is 0 Å². The molecule has 76 valence electrons. The van der Waals surface area contributed by atoms with Crippen LogP contribution in [0.4, 0.5) is 0 Å². The quantitative estimate of drug-likeness (QED) is 0.659. The molecule has 0 aromatic carbocycles. The van der Waals surface area contributed by atoms with Crippen molar-refractivity contribution in [2.75, 3.05) is 5.75 Å². The van der Waals surface area contributed by atoms with Gasteiger partial charge in [-0.3, -0.25) is 9.59 Å². The van der Waals surface area contributed by atoms with Gasteiger partial charge in [0.2, 0.25) is 0 Å². The van der Waals surface area contributed by atoms with Crippen LogP contribution in [0, 0.1) is 0 Å². The Morgan fingerprint density at radius 2 is 2.00 bits per heavy atom. The normalized spacial score (nSPS) is 12.4. The van der Waals surface area contributed by atoms with E-state index in [4.69, 9.17) is 10.2 Å². The van der Waals surface area contributed by atoms with Gasteiger partial charge in [-0.15, -0.1) is 11.8 Å². The van der Waals surface area contributed by atoms with Gasteiger partial charge in [0, 0.05) is 0 Å². The molecule has 0 saturated carbocycles. The van der Waals surface area contributed by atoms with Crippen LogP contribution in [0.1, 0.15) is 26.2 Å². The first-order valence-electron chi connectivity index (χ1n) is 4.14. The highest BCUT2D eigenvalue weighted by Gasteiger charge is 2.18. The van der Waals surface area contributed by atoms with Crippen LogP contribution in [-0.4, -0.2) is 33.2 Å². The number of carboxylic acids is 2. The van der Waals surface area contributed by atoms with Crippen LogP contribution in [0.5, 0.6) is 0 Å². The molecule has 0 fully saturated rings. The molecular formula is C8H14O4S. The summed E-state index contributed by atoms with van der Waals surface area (Å²) in [5, 5.41) is 16.5. The molecular weight excluding hydrogens is 192 g/mol. The molecule has 0 aliphatic rings. The third-order valence-electron chi connectivity index (χ3n) is 1.50. The number of thioether (sulfide) groups is 1. The third kappa shape index (κ3) is 6.45. The van der Waals surface area contributed by atoms with Crippen LogP contribution >= 0.6 is 11.8 Å². The third-order valence-corrected chi connectivity index (χ3v) is 2.76. The molecule has 13 heavy (non-hydrogen) atoms. The van der Waals surface area contributed by atoms with Crippen molar-refractivity contribution in [1.29, 1.82) is 0 Å². The number of rotatable bonds is 7. The standard InChI is InChI=1S/C8H14O4S/c1-2-3-4-6(8(11)12)13-5-7(9)10/h6H,2-5H2,1H3,(H,9,10)(H,11,12). The van der Waals surface area contributed by atoms with Crippen molar-refractivity contribution in [2.45, 2.75) is 31.4 Å². The van der Waals surface area contributed by atoms with Crippen LogP contribution in [0.3, 0.4) is 0 Å². The largest absolute Gasteiger partial charge is 0.481 e. The maximum absolute atomic E-state index is 10.6. The molecule has 0 radical (unpaired) electrons. The van der Waals surface area contributed by atoms with Crippen LogP contribution in [0.2, 0.25) is 0 Å². The molecule has 0 aromatic heterocycles. The predicted octanol–water partition coefficient (Wildman–Crippen LogP) is 1.45. The van der Waals surface area contributed by atoms with Gasteiger partial charge in [-0.2, -0.15) is 0 Å². The lowest BCUT2D eigenvalue weighted by Gasteiger charge is -2.09. The molecule has 0 amide bonds. The highest BCUT2D eigenvalue weighted by Crippen LogP contribution is 2.17. The number of unbranched alkanes of at least 4 members (excludes halogenated alkanes) is 1. The van der Waals surface area contributed by atoms with Gasteiger partial charge in [0.25, 0.3) is 0 Å². The van der Waals surface area contributed by atoms with Crippen LogP contribution in [0.15, 0.2) is 0 Å². The Morgan fingerprint density at radius 1 is 1.38 bits per heavy atom. The zero-order valence-electron chi connectivity index (χ0n) is 7.52. The van der Waals surface area contributed by atoms with E-state index in [0.717, 1.165) is 24.6 Å². The predicted molar refractivity (Wildman–Crippen MR) is 51.0 cm³/mol. The summed E-state index contributed by atoms with van der Waals surface area (Å²) in [5.41, 5.74) is 0. The smallest absolute Gasteiger partial charge is 0.316 e. The summed E-state index contributed by atoms with van der Waals surface area (Å²) in [7, 11) is 0. The minimum atomic E-state index is -0.965. The summed E-state index contributed by atoms with van der Waals surface area (Å²) in [4.78, 5) is 20.8. The number of hydrogen-bond donors (Lipinski definition) is 2. The summed E-state index contributed by atoms with van der Waals surface area (Å²) in [6.07, 6.45) is 2.30. The Bertz CT molecular complexity index is 181. The summed E-state index contributed by atoms with van der Waals surface area (Å²) in [5.74, 6) is -2.02. The Labute approximate surface area is 81.3 Å². The van der Waals surface area contributed by atoms with Gasteiger partial charge in [-0.1, -0.05) is 19.8 Å². The lowest BCUT2D eigenvalue weighted by Crippen LogP contribution is -2.18. The van der Waals surface area contributed by atoms with Crippen LogP contribution in [-0.2, 0) is 9.59 Å². The van der Waals surface area contributed by atoms with E-state index in [1.807, 2.05) is 6.92 Å². The van der Waals surface area contributed by atoms with Crippen LogP contribution in [0.25, 0.3) is 0 Å². The maximum atomic E-state index is 10.6. The summed E-state index contributed by atoms with van der Waals surface area (Å²) >= 11 is 0.979. The molecule has 1 atom stereocenters. The molecule has 0 rings (SSSR count). The Balaban J connectivity index is 3.80. The monoisotopic (exact) mass is 206 g/mol. The minimum absolute atomic E-state index is 0.138. The molecule has 1 unspecified atom stereocenters. The molecule has 0 heterocycles. The number of carbonyl (C=O) groups is 2. The Morgan fingerprint density at radius 3 is 2.38 bits per heavy atom. The van der Waals surface area contributed by atoms with Crippen molar-refractivity contribution in [3.63, 3.8) is 0 Å². The average Bonchev–Trinajstić information content (AvgIpc) is 2.03. The maximum Gasteiger partial charge on any atom is 0.316 e. The van der Waals surface area contributed by atoms with E-state index in [-0.39, 0.29) is 5.75 Å². The van der Waals surface area contributed by atoms with Crippen molar-refractivity contribution in [3.05, 3.63) is 0 Å². The molecule has 0 bridgehead atoms. The second-order valence-electron chi connectivity index (χ2n) is 2.67. The van der Waals surface area contributed by atoms with Gasteiger partial charge >= 0.3 is 11.9 Å². The van der Waals surface area contributed by atoms with Crippen molar-refractivity contribution in [1.82, 2.24) is 0 Å². The highest BCUT2D eigenvalue weighted by molar-refractivity contribution is 8.01. The minimum Gasteiger partial charge on any atom is -0.481 e. The first-order chi connectivity index (χ1) is 6.07. The van der Waals surface area contributed by atoms with E-state index in [1.54, 1.807) is 0 Å². The zero-order chi connectivity index (χ0) is 10.3. The lowest BCUT2D eigenvalue weighted by molar-refractivity contribution is -0.136. The highest BCUT2D eigenvalue weighted by atomic mass is 32.2. The van der Waals surface area contributed by atoms with Crippen molar-refractivity contribution in [3.8, 4) is 0 Å². The number of carboxylic acid groups (broad SMARTS) is 2. The van der Waals surface area contributed by atoms with E-state index in [1.165, 1.54) is 0 Å². The van der Waals surface area contributed by atoms with Crippen molar-refractivity contribution < 1.29 is 19.8 Å². The van der Waals surface area contributed by atoms with Gasteiger partial charge in [0.05, 0.1) is 5.75 Å². The number of aliphatic carboxylic acids is 2. The van der Waals surface area contributed by atoms with E-state index >= 15 is 0 Å². The van der Waals surface area contributed by atoms with E-state index < -0.39 is 17.2 Å². The van der Waals surface area contributed by atoms with Crippen LogP contribution < -0.4 is 0 Å². The number of hydrogen-bond acceptors (Lipinski definition) is 3. The van der Waals surface area contributed by atoms with Crippen molar-refractivity contribution >= 4 is 23.7 Å². The molecule has 0 aliphatic carbocycles. The Kier molecular flexibility index (Phi) is 6.40. The summed E-state index contributed by atoms with van der Waals surface area (Å²) < 4.78 is 0. The molecule has 0 saturated heterocycles. The second kappa shape index (κ2) is 6.77.